The van der Waals surface area contributed by atoms with Crippen LogP contribution in [0, 0.1) is 17.8 Å². The molecule has 0 spiro atoms. The lowest BCUT2D eigenvalue weighted by Crippen LogP contribution is -2.18. The first-order valence-electron chi connectivity index (χ1n) is 7.49. The Hall–Kier alpha value is -1.51. The number of carbonyl (C=O) groups excluding carboxylic acids is 1. The fourth-order valence-corrected chi connectivity index (χ4v) is 3.78. The first-order chi connectivity index (χ1) is 9.67. The molecule has 0 heterocycles. The summed E-state index contributed by atoms with van der Waals surface area (Å²) in [6.45, 7) is 2.33. The van der Waals surface area contributed by atoms with Crippen LogP contribution >= 0.6 is 0 Å². The van der Waals surface area contributed by atoms with E-state index in [1.54, 1.807) is 26.2 Å². The van der Waals surface area contributed by atoms with Crippen molar-refractivity contribution in [2.45, 2.75) is 32.6 Å². The van der Waals surface area contributed by atoms with Crippen molar-refractivity contribution in [3.8, 4) is 11.5 Å². The van der Waals surface area contributed by atoms with Gasteiger partial charge in [-0.15, -0.1) is 0 Å². The van der Waals surface area contributed by atoms with Gasteiger partial charge in [0.25, 0.3) is 0 Å². The second-order valence-electron chi connectivity index (χ2n) is 6.17. The SMILES string of the molecule is COc1cc(C(C)=O)ccc1OCC1CC2CCC1C2. The molecule has 0 radical (unpaired) electrons. The molecule has 1 aromatic carbocycles. The normalized spacial score (nSPS) is 27.6. The van der Waals surface area contributed by atoms with Gasteiger partial charge in [0, 0.05) is 5.56 Å². The Morgan fingerprint density at radius 3 is 2.70 bits per heavy atom. The second kappa shape index (κ2) is 5.47. The molecule has 0 aliphatic heterocycles. The Labute approximate surface area is 120 Å². The van der Waals surface area contributed by atoms with Crippen LogP contribution in [0.15, 0.2) is 18.2 Å². The monoisotopic (exact) mass is 274 g/mol. The zero-order valence-corrected chi connectivity index (χ0v) is 12.2. The number of fused-ring (bicyclic) bond motifs is 2. The largest absolute Gasteiger partial charge is 0.493 e. The van der Waals surface area contributed by atoms with E-state index in [4.69, 9.17) is 9.47 Å². The van der Waals surface area contributed by atoms with Gasteiger partial charge in [-0.25, -0.2) is 0 Å². The minimum absolute atomic E-state index is 0.0444. The summed E-state index contributed by atoms with van der Waals surface area (Å²) >= 11 is 0. The highest BCUT2D eigenvalue weighted by molar-refractivity contribution is 5.94. The third-order valence-electron chi connectivity index (χ3n) is 4.91. The molecule has 3 unspecified atom stereocenters. The van der Waals surface area contributed by atoms with Crippen molar-refractivity contribution in [2.24, 2.45) is 17.8 Å². The molecule has 3 nitrogen and oxygen atoms in total. The summed E-state index contributed by atoms with van der Waals surface area (Å²) in [5, 5.41) is 0. The highest BCUT2D eigenvalue weighted by Gasteiger charge is 2.39. The van der Waals surface area contributed by atoms with E-state index in [1.807, 2.05) is 6.07 Å². The number of hydrogen-bond donors (Lipinski definition) is 0. The second-order valence-corrected chi connectivity index (χ2v) is 6.17. The number of ketones is 1. The van der Waals surface area contributed by atoms with E-state index in [-0.39, 0.29) is 5.78 Å². The molecule has 1 aromatic rings. The summed E-state index contributed by atoms with van der Waals surface area (Å²) < 4.78 is 11.3. The first kappa shape index (κ1) is 13.5. The number of Topliss-reactive ketones (excluding diaryl/α,β-unsaturated/α-hetero) is 1. The Bertz CT molecular complexity index is 509. The van der Waals surface area contributed by atoms with Crippen molar-refractivity contribution in [2.75, 3.05) is 13.7 Å². The predicted molar refractivity (Wildman–Crippen MR) is 77.4 cm³/mol. The molecule has 3 rings (SSSR count). The molecule has 3 atom stereocenters. The standard InChI is InChI=1S/C17H22O3/c1-11(18)13-5-6-16(17(9-13)19-2)20-10-15-8-12-3-4-14(15)7-12/h5-6,9,12,14-15H,3-4,7-8,10H2,1-2H3. The molecule has 108 valence electrons. The molecule has 0 N–H and O–H groups in total. The Morgan fingerprint density at radius 1 is 1.25 bits per heavy atom. The zero-order chi connectivity index (χ0) is 14.1. The lowest BCUT2D eigenvalue weighted by Gasteiger charge is -2.22. The van der Waals surface area contributed by atoms with Gasteiger partial charge in [-0.3, -0.25) is 4.79 Å². The summed E-state index contributed by atoms with van der Waals surface area (Å²) in [4.78, 5) is 11.4. The van der Waals surface area contributed by atoms with Gasteiger partial charge in [0.15, 0.2) is 17.3 Å². The Kier molecular flexibility index (Phi) is 3.68. The smallest absolute Gasteiger partial charge is 0.161 e. The minimum Gasteiger partial charge on any atom is -0.493 e. The molecule has 2 bridgehead atoms. The molecule has 0 aromatic heterocycles. The van der Waals surface area contributed by atoms with E-state index < -0.39 is 0 Å². The highest BCUT2D eigenvalue weighted by atomic mass is 16.5. The van der Waals surface area contributed by atoms with Gasteiger partial charge in [-0.05, 0) is 62.1 Å². The molecular weight excluding hydrogens is 252 g/mol. The maximum atomic E-state index is 11.4. The first-order valence-corrected chi connectivity index (χ1v) is 7.49. The Balaban J connectivity index is 1.66. The van der Waals surface area contributed by atoms with E-state index >= 15 is 0 Å². The summed E-state index contributed by atoms with van der Waals surface area (Å²) in [5.74, 6) is 3.95. The summed E-state index contributed by atoms with van der Waals surface area (Å²) in [6.07, 6.45) is 5.50. The molecular formula is C17H22O3. The molecule has 2 saturated carbocycles. The summed E-state index contributed by atoms with van der Waals surface area (Å²) in [5.41, 5.74) is 0.661. The van der Waals surface area contributed by atoms with Crippen LogP contribution in [0.4, 0.5) is 0 Å². The van der Waals surface area contributed by atoms with Gasteiger partial charge in [-0.2, -0.15) is 0 Å². The van der Waals surface area contributed by atoms with Gasteiger partial charge >= 0.3 is 0 Å². The van der Waals surface area contributed by atoms with Crippen LogP contribution in [0.3, 0.4) is 0 Å². The van der Waals surface area contributed by atoms with E-state index in [9.17, 15) is 4.79 Å². The molecule has 2 aliphatic carbocycles. The van der Waals surface area contributed by atoms with E-state index in [0.29, 0.717) is 17.2 Å². The topological polar surface area (TPSA) is 35.5 Å². The third-order valence-corrected chi connectivity index (χ3v) is 4.91. The molecule has 20 heavy (non-hydrogen) atoms. The summed E-state index contributed by atoms with van der Waals surface area (Å²) in [6, 6.07) is 5.42. The number of rotatable bonds is 5. The molecule has 0 amide bonds. The number of benzene rings is 1. The van der Waals surface area contributed by atoms with Gasteiger partial charge in [0.1, 0.15) is 0 Å². The lowest BCUT2D eigenvalue weighted by molar-refractivity contribution is 0.101. The van der Waals surface area contributed by atoms with Crippen molar-refractivity contribution in [3.05, 3.63) is 23.8 Å². The third kappa shape index (κ3) is 2.54. The van der Waals surface area contributed by atoms with Crippen LogP contribution in [0.5, 0.6) is 11.5 Å². The molecule has 3 heteroatoms. The summed E-state index contributed by atoms with van der Waals surface area (Å²) in [7, 11) is 1.61. The highest BCUT2D eigenvalue weighted by Crippen LogP contribution is 2.48. The van der Waals surface area contributed by atoms with E-state index in [1.165, 1.54) is 25.7 Å². The van der Waals surface area contributed by atoms with Crippen LogP contribution in [0.25, 0.3) is 0 Å². The van der Waals surface area contributed by atoms with Crippen molar-refractivity contribution in [1.82, 2.24) is 0 Å². The van der Waals surface area contributed by atoms with E-state index in [2.05, 4.69) is 0 Å². The van der Waals surface area contributed by atoms with Crippen LogP contribution in [0.2, 0.25) is 0 Å². The maximum Gasteiger partial charge on any atom is 0.161 e. The number of methoxy groups -OCH3 is 1. The van der Waals surface area contributed by atoms with Crippen molar-refractivity contribution >= 4 is 5.78 Å². The van der Waals surface area contributed by atoms with Crippen LogP contribution in [0.1, 0.15) is 43.0 Å². The Morgan fingerprint density at radius 2 is 2.10 bits per heavy atom. The van der Waals surface area contributed by atoms with Crippen LogP contribution in [-0.4, -0.2) is 19.5 Å². The number of ether oxygens (including phenoxy) is 2. The van der Waals surface area contributed by atoms with Crippen LogP contribution < -0.4 is 9.47 Å². The van der Waals surface area contributed by atoms with Gasteiger partial charge in [-0.1, -0.05) is 6.42 Å². The van der Waals surface area contributed by atoms with Crippen molar-refractivity contribution in [3.63, 3.8) is 0 Å². The van der Waals surface area contributed by atoms with Gasteiger partial charge in [0.2, 0.25) is 0 Å². The van der Waals surface area contributed by atoms with Gasteiger partial charge < -0.3 is 9.47 Å². The zero-order valence-electron chi connectivity index (χ0n) is 12.2. The van der Waals surface area contributed by atoms with Crippen molar-refractivity contribution < 1.29 is 14.3 Å². The fraction of sp³-hybridized carbons (Fsp3) is 0.588. The quantitative estimate of drug-likeness (QED) is 0.768. The van der Waals surface area contributed by atoms with Crippen LogP contribution in [-0.2, 0) is 0 Å². The average molecular weight is 274 g/mol. The fourth-order valence-electron chi connectivity index (χ4n) is 3.78. The van der Waals surface area contributed by atoms with Gasteiger partial charge in [0.05, 0.1) is 13.7 Å². The number of carbonyl (C=O) groups is 1. The lowest BCUT2D eigenvalue weighted by atomic mass is 9.89. The maximum absolute atomic E-state index is 11.4. The van der Waals surface area contributed by atoms with Crippen molar-refractivity contribution in [1.29, 1.82) is 0 Å². The number of hydrogen-bond acceptors (Lipinski definition) is 3. The molecule has 2 aliphatic rings. The molecule has 0 saturated heterocycles. The average Bonchev–Trinajstić information content (AvgIpc) is 3.07. The minimum atomic E-state index is 0.0444. The van der Waals surface area contributed by atoms with E-state index in [0.717, 1.165) is 24.2 Å². The predicted octanol–water partition coefficient (Wildman–Crippen LogP) is 3.71. The molecule has 2 fully saturated rings.